The minimum Gasteiger partial charge on any atom is -0.459 e. The number of nitrogens with one attached hydrogen (secondary N) is 1. The molecule has 3 atom stereocenters. The number of allylic oxidation sites excluding steroid dienone is 1. The van der Waals surface area contributed by atoms with Crippen LogP contribution in [0.5, 0.6) is 0 Å². The molecule has 5 heteroatoms. The van der Waals surface area contributed by atoms with Crippen LogP contribution in [-0.4, -0.2) is 30.5 Å². The predicted octanol–water partition coefficient (Wildman–Crippen LogP) is 2.60. The number of carbonyl (C=O) groups is 1. The van der Waals surface area contributed by atoms with Gasteiger partial charge in [0.15, 0.2) is 5.76 Å². The fourth-order valence-electron chi connectivity index (χ4n) is 2.90. The number of aliphatic hydroxyl groups is 1. The molecule has 0 fully saturated rings. The summed E-state index contributed by atoms with van der Waals surface area (Å²) in [6.07, 6.45) is 2.92. The molecule has 2 N–H and O–H groups in total. The summed E-state index contributed by atoms with van der Waals surface area (Å²) in [6, 6.07) is 9.76. The lowest BCUT2D eigenvalue weighted by molar-refractivity contribution is -0.171. The fourth-order valence-corrected chi connectivity index (χ4v) is 2.90. The molecule has 0 radical (unpaired) electrons. The van der Waals surface area contributed by atoms with Crippen molar-refractivity contribution in [2.45, 2.75) is 39.5 Å². The summed E-state index contributed by atoms with van der Waals surface area (Å²) in [4.78, 5) is 12.4. The van der Waals surface area contributed by atoms with E-state index in [0.717, 1.165) is 12.0 Å². The Morgan fingerprint density at radius 1 is 1.33 bits per heavy atom. The highest BCUT2D eigenvalue weighted by atomic mass is 16.7. The van der Waals surface area contributed by atoms with Crippen molar-refractivity contribution in [1.29, 1.82) is 0 Å². The minimum absolute atomic E-state index is 0.141. The summed E-state index contributed by atoms with van der Waals surface area (Å²) in [5.41, 5.74) is 1.04. The van der Waals surface area contributed by atoms with Crippen LogP contribution in [0.2, 0.25) is 0 Å². The molecular weight excluding hydrogens is 306 g/mol. The zero-order valence-corrected chi connectivity index (χ0v) is 14.4. The predicted molar refractivity (Wildman–Crippen MR) is 91.8 cm³/mol. The molecule has 0 aliphatic carbocycles. The van der Waals surface area contributed by atoms with Crippen molar-refractivity contribution < 1.29 is 19.4 Å². The Kier molecular flexibility index (Phi) is 7.28. The van der Waals surface area contributed by atoms with Gasteiger partial charge in [-0.1, -0.05) is 37.3 Å². The summed E-state index contributed by atoms with van der Waals surface area (Å²) in [6.45, 7) is 5.09. The van der Waals surface area contributed by atoms with Gasteiger partial charge in [-0.15, -0.1) is 0 Å². The maximum absolute atomic E-state index is 12.4. The number of amides is 1. The van der Waals surface area contributed by atoms with Crippen LogP contribution >= 0.6 is 0 Å². The third kappa shape index (κ3) is 5.08. The Bertz CT molecular complexity index is 544. The molecule has 0 spiro atoms. The molecule has 5 nitrogen and oxygen atoms in total. The van der Waals surface area contributed by atoms with E-state index in [1.807, 2.05) is 43.3 Å². The molecule has 1 amide bonds. The lowest BCUT2D eigenvalue weighted by atomic mass is 9.87. The van der Waals surface area contributed by atoms with E-state index in [1.54, 1.807) is 0 Å². The number of rotatable bonds is 8. The van der Waals surface area contributed by atoms with E-state index in [0.29, 0.717) is 25.3 Å². The highest BCUT2D eigenvalue weighted by Crippen LogP contribution is 2.32. The molecule has 1 aliphatic heterocycles. The molecule has 24 heavy (non-hydrogen) atoms. The Labute approximate surface area is 143 Å². The van der Waals surface area contributed by atoms with Gasteiger partial charge < -0.3 is 19.9 Å². The lowest BCUT2D eigenvalue weighted by Gasteiger charge is -2.35. The van der Waals surface area contributed by atoms with E-state index < -0.39 is 6.29 Å². The molecular formula is C19H27NO4. The topological polar surface area (TPSA) is 67.8 Å². The average molecular weight is 333 g/mol. The van der Waals surface area contributed by atoms with E-state index in [2.05, 4.69) is 12.2 Å². The maximum atomic E-state index is 12.4. The number of aliphatic hydroxyl groups excluding tert-OH is 1. The average Bonchev–Trinajstić information content (AvgIpc) is 2.60. The third-order valence-electron chi connectivity index (χ3n) is 4.23. The van der Waals surface area contributed by atoms with Crippen LogP contribution in [0.15, 0.2) is 42.2 Å². The molecule has 1 aromatic carbocycles. The first-order valence-electron chi connectivity index (χ1n) is 8.58. The molecule has 1 aromatic rings. The second kappa shape index (κ2) is 9.45. The van der Waals surface area contributed by atoms with Crippen molar-refractivity contribution in [2.75, 3.05) is 13.2 Å². The van der Waals surface area contributed by atoms with Crippen LogP contribution < -0.4 is 5.32 Å². The highest BCUT2D eigenvalue weighted by molar-refractivity contribution is 5.91. The highest BCUT2D eigenvalue weighted by Gasteiger charge is 2.34. The summed E-state index contributed by atoms with van der Waals surface area (Å²) < 4.78 is 11.5. The number of carbonyl (C=O) groups excluding carboxylic acids is 1. The van der Waals surface area contributed by atoms with Crippen molar-refractivity contribution in [2.24, 2.45) is 11.8 Å². The second-order valence-electron chi connectivity index (χ2n) is 6.03. The van der Waals surface area contributed by atoms with Crippen LogP contribution in [0.3, 0.4) is 0 Å². The van der Waals surface area contributed by atoms with E-state index in [-0.39, 0.29) is 24.3 Å². The van der Waals surface area contributed by atoms with Gasteiger partial charge in [0.25, 0.3) is 5.91 Å². The van der Waals surface area contributed by atoms with Crippen molar-refractivity contribution >= 4 is 5.91 Å². The molecule has 0 aromatic heterocycles. The van der Waals surface area contributed by atoms with Crippen molar-refractivity contribution in [3.05, 3.63) is 47.7 Å². The van der Waals surface area contributed by atoms with Gasteiger partial charge in [-0.25, -0.2) is 0 Å². The van der Waals surface area contributed by atoms with Crippen LogP contribution in [0, 0.1) is 11.8 Å². The number of hydrogen-bond acceptors (Lipinski definition) is 4. The summed E-state index contributed by atoms with van der Waals surface area (Å²) in [5, 5.41) is 11.9. The Morgan fingerprint density at radius 3 is 2.75 bits per heavy atom. The van der Waals surface area contributed by atoms with Gasteiger partial charge in [0, 0.05) is 25.7 Å². The molecule has 0 saturated heterocycles. The van der Waals surface area contributed by atoms with Gasteiger partial charge in [0.1, 0.15) is 0 Å². The van der Waals surface area contributed by atoms with E-state index in [4.69, 9.17) is 14.6 Å². The van der Waals surface area contributed by atoms with Gasteiger partial charge >= 0.3 is 0 Å². The Hall–Kier alpha value is -1.85. The monoisotopic (exact) mass is 333 g/mol. The molecule has 1 aliphatic rings. The molecule has 0 unspecified atom stereocenters. The van der Waals surface area contributed by atoms with Gasteiger partial charge in [-0.3, -0.25) is 4.79 Å². The fraction of sp³-hybridized carbons (Fsp3) is 0.526. The first kappa shape index (κ1) is 18.5. The zero-order chi connectivity index (χ0) is 17.4. The van der Waals surface area contributed by atoms with E-state index in [1.165, 1.54) is 0 Å². The lowest BCUT2D eigenvalue weighted by Crippen LogP contribution is -2.38. The normalized spacial score (nSPS) is 23.3. The largest absolute Gasteiger partial charge is 0.459 e. The van der Waals surface area contributed by atoms with Gasteiger partial charge in [-0.05, 0) is 37.3 Å². The molecule has 2 rings (SSSR count). The molecule has 132 valence electrons. The Balaban J connectivity index is 1.99. The van der Waals surface area contributed by atoms with Gasteiger partial charge in [0.2, 0.25) is 6.29 Å². The van der Waals surface area contributed by atoms with Crippen LogP contribution in [0.4, 0.5) is 0 Å². The zero-order valence-electron chi connectivity index (χ0n) is 14.4. The van der Waals surface area contributed by atoms with E-state index in [9.17, 15) is 4.79 Å². The van der Waals surface area contributed by atoms with Crippen LogP contribution in [0.25, 0.3) is 0 Å². The molecule has 0 saturated carbocycles. The number of hydrogen-bond donors (Lipinski definition) is 2. The second-order valence-corrected chi connectivity index (χ2v) is 6.03. The first-order valence-corrected chi connectivity index (χ1v) is 8.58. The number of benzene rings is 1. The van der Waals surface area contributed by atoms with Crippen molar-refractivity contribution in [3.63, 3.8) is 0 Å². The Morgan fingerprint density at radius 2 is 2.08 bits per heavy atom. The van der Waals surface area contributed by atoms with E-state index >= 15 is 0 Å². The smallest absolute Gasteiger partial charge is 0.286 e. The van der Waals surface area contributed by atoms with Gasteiger partial charge in [0.05, 0.1) is 0 Å². The van der Waals surface area contributed by atoms with Gasteiger partial charge in [-0.2, -0.15) is 0 Å². The van der Waals surface area contributed by atoms with Crippen molar-refractivity contribution in [1.82, 2.24) is 5.32 Å². The first-order chi connectivity index (χ1) is 11.7. The standard InChI is InChI=1S/C19H27NO4/c1-3-23-19-16(10-7-11-21)14(2)12-17(24-19)18(22)20-13-15-8-5-4-6-9-15/h4-6,8-9,12,14,16,19,21H,3,7,10-11,13H2,1-2H3,(H,20,22)/t14-,16+,19+/m1/s1. The minimum atomic E-state index is -0.445. The quantitative estimate of drug-likeness (QED) is 0.767. The summed E-state index contributed by atoms with van der Waals surface area (Å²) >= 11 is 0. The summed E-state index contributed by atoms with van der Waals surface area (Å²) in [7, 11) is 0. The van der Waals surface area contributed by atoms with Crippen LogP contribution in [-0.2, 0) is 20.8 Å². The van der Waals surface area contributed by atoms with Crippen LogP contribution in [0.1, 0.15) is 32.3 Å². The summed E-state index contributed by atoms with van der Waals surface area (Å²) in [5.74, 6) is 0.384. The molecule has 0 bridgehead atoms. The molecule has 1 heterocycles. The third-order valence-corrected chi connectivity index (χ3v) is 4.23. The van der Waals surface area contributed by atoms with Crippen molar-refractivity contribution in [3.8, 4) is 0 Å². The SMILES string of the molecule is CCO[C@H]1OC(C(=O)NCc2ccccc2)=C[C@@H](C)[C@@H]1CCCO. The maximum Gasteiger partial charge on any atom is 0.286 e. The number of ether oxygens (including phenoxy) is 2.